The molecular weight excluding hydrogens is 368 g/mol. The van der Waals surface area contributed by atoms with E-state index in [9.17, 15) is 4.79 Å². The van der Waals surface area contributed by atoms with E-state index in [-0.39, 0.29) is 12.4 Å². The van der Waals surface area contributed by atoms with Crippen molar-refractivity contribution in [1.82, 2.24) is 0 Å². The summed E-state index contributed by atoms with van der Waals surface area (Å²) < 4.78 is 22.3. The van der Waals surface area contributed by atoms with E-state index in [1.165, 1.54) is 0 Å². The van der Waals surface area contributed by atoms with Gasteiger partial charge in [-0.05, 0) is 61.9 Å². The predicted molar refractivity (Wildman–Crippen MR) is 112 cm³/mol. The molecule has 1 aromatic heterocycles. The van der Waals surface area contributed by atoms with Crippen molar-refractivity contribution in [3.05, 3.63) is 66.7 Å². The maximum atomic E-state index is 12.2. The first kappa shape index (κ1) is 18.9. The van der Waals surface area contributed by atoms with Crippen molar-refractivity contribution in [2.75, 3.05) is 13.2 Å². The average Bonchev–Trinajstić information content (AvgIpc) is 3.11. The predicted octanol–water partition coefficient (Wildman–Crippen LogP) is 5.75. The van der Waals surface area contributed by atoms with E-state index in [4.69, 9.17) is 18.6 Å². The summed E-state index contributed by atoms with van der Waals surface area (Å²) in [5, 5.41) is 1.94. The Balaban J connectivity index is 1.29. The standard InChI is InChI=1S/C24H22O5/c1-2-26-17-9-11-18(12-10-17)27-15-5-8-24(25)28-19-13-14-23-21(16-19)20-6-3-4-7-22(20)29-23/h3-4,6-7,9-14,16H,2,5,8,15H2,1H3. The van der Waals surface area contributed by atoms with Crippen LogP contribution in [0.5, 0.6) is 17.2 Å². The van der Waals surface area contributed by atoms with Gasteiger partial charge in [0, 0.05) is 17.2 Å². The minimum absolute atomic E-state index is 0.279. The highest BCUT2D eigenvalue weighted by atomic mass is 16.5. The highest BCUT2D eigenvalue weighted by Crippen LogP contribution is 2.31. The smallest absolute Gasteiger partial charge is 0.311 e. The molecule has 0 saturated carbocycles. The molecule has 5 nitrogen and oxygen atoms in total. The molecule has 5 heteroatoms. The maximum Gasteiger partial charge on any atom is 0.311 e. The third-order valence-corrected chi connectivity index (χ3v) is 4.51. The molecular formula is C24H22O5. The first-order valence-electron chi connectivity index (χ1n) is 9.70. The van der Waals surface area contributed by atoms with Crippen LogP contribution in [-0.2, 0) is 4.79 Å². The van der Waals surface area contributed by atoms with E-state index in [0.717, 1.165) is 33.4 Å². The fourth-order valence-corrected chi connectivity index (χ4v) is 3.16. The molecule has 0 atom stereocenters. The summed E-state index contributed by atoms with van der Waals surface area (Å²) in [6.07, 6.45) is 0.851. The number of carbonyl (C=O) groups excluding carboxylic acids is 1. The summed E-state index contributed by atoms with van der Waals surface area (Å²) in [4.78, 5) is 12.2. The number of ether oxygens (including phenoxy) is 3. The average molecular weight is 390 g/mol. The second kappa shape index (κ2) is 8.69. The van der Waals surface area contributed by atoms with E-state index in [1.54, 1.807) is 6.07 Å². The molecule has 0 fully saturated rings. The van der Waals surface area contributed by atoms with E-state index in [1.807, 2.05) is 67.6 Å². The molecule has 148 valence electrons. The fourth-order valence-electron chi connectivity index (χ4n) is 3.16. The van der Waals surface area contributed by atoms with Crippen LogP contribution in [0.4, 0.5) is 0 Å². The quantitative estimate of drug-likeness (QED) is 0.218. The highest BCUT2D eigenvalue weighted by Gasteiger charge is 2.10. The highest BCUT2D eigenvalue weighted by molar-refractivity contribution is 6.05. The zero-order chi connectivity index (χ0) is 20.1. The molecule has 0 spiro atoms. The number of rotatable bonds is 8. The lowest BCUT2D eigenvalue weighted by Gasteiger charge is -2.08. The van der Waals surface area contributed by atoms with Gasteiger partial charge in [-0.25, -0.2) is 0 Å². The van der Waals surface area contributed by atoms with Gasteiger partial charge < -0.3 is 18.6 Å². The van der Waals surface area contributed by atoms with Crippen molar-refractivity contribution in [2.45, 2.75) is 19.8 Å². The molecule has 0 aliphatic rings. The van der Waals surface area contributed by atoms with Gasteiger partial charge in [0.2, 0.25) is 0 Å². The Kier molecular flexibility index (Phi) is 5.66. The number of esters is 1. The van der Waals surface area contributed by atoms with Crippen LogP contribution in [0.15, 0.2) is 71.1 Å². The van der Waals surface area contributed by atoms with Crippen LogP contribution in [0.3, 0.4) is 0 Å². The summed E-state index contributed by atoms with van der Waals surface area (Å²) in [7, 11) is 0. The Morgan fingerprint density at radius 1 is 0.828 bits per heavy atom. The van der Waals surface area contributed by atoms with Crippen molar-refractivity contribution in [3.63, 3.8) is 0 Å². The molecule has 0 bridgehead atoms. The summed E-state index contributed by atoms with van der Waals surface area (Å²) in [5.74, 6) is 1.79. The number of hydrogen-bond acceptors (Lipinski definition) is 5. The van der Waals surface area contributed by atoms with Gasteiger partial charge in [0.05, 0.1) is 13.2 Å². The summed E-state index contributed by atoms with van der Waals surface area (Å²) in [6.45, 7) is 3.01. The van der Waals surface area contributed by atoms with Crippen LogP contribution in [0.2, 0.25) is 0 Å². The Hall–Kier alpha value is -3.47. The van der Waals surface area contributed by atoms with Crippen LogP contribution < -0.4 is 14.2 Å². The molecule has 0 aliphatic heterocycles. The van der Waals surface area contributed by atoms with Gasteiger partial charge in [-0.15, -0.1) is 0 Å². The van der Waals surface area contributed by atoms with Crippen molar-refractivity contribution in [3.8, 4) is 17.2 Å². The number of benzene rings is 3. The topological polar surface area (TPSA) is 57.9 Å². The molecule has 4 rings (SSSR count). The second-order valence-corrected chi connectivity index (χ2v) is 6.59. The van der Waals surface area contributed by atoms with Crippen LogP contribution >= 0.6 is 0 Å². The maximum absolute atomic E-state index is 12.2. The number of carbonyl (C=O) groups is 1. The lowest BCUT2D eigenvalue weighted by atomic mass is 10.1. The van der Waals surface area contributed by atoms with E-state index >= 15 is 0 Å². The zero-order valence-electron chi connectivity index (χ0n) is 16.2. The molecule has 0 saturated heterocycles. The summed E-state index contributed by atoms with van der Waals surface area (Å²) in [5.41, 5.74) is 1.59. The largest absolute Gasteiger partial charge is 0.494 e. The molecule has 1 heterocycles. The van der Waals surface area contributed by atoms with Gasteiger partial charge in [0.25, 0.3) is 0 Å². The number of hydrogen-bond donors (Lipinski definition) is 0. The first-order valence-corrected chi connectivity index (χ1v) is 9.70. The Morgan fingerprint density at radius 2 is 1.52 bits per heavy atom. The molecule has 29 heavy (non-hydrogen) atoms. The minimum atomic E-state index is -0.285. The van der Waals surface area contributed by atoms with Crippen molar-refractivity contribution in [2.24, 2.45) is 0 Å². The van der Waals surface area contributed by atoms with Gasteiger partial charge in [-0.2, -0.15) is 0 Å². The van der Waals surface area contributed by atoms with E-state index in [2.05, 4.69) is 0 Å². The van der Waals surface area contributed by atoms with Gasteiger partial charge in [0.15, 0.2) is 0 Å². The fraction of sp³-hybridized carbons (Fsp3) is 0.208. The number of furan rings is 1. The normalized spacial score (nSPS) is 10.9. The van der Waals surface area contributed by atoms with Gasteiger partial charge in [-0.3, -0.25) is 4.79 Å². The Bertz CT molecular complexity index is 1110. The van der Waals surface area contributed by atoms with E-state index < -0.39 is 0 Å². The SMILES string of the molecule is CCOc1ccc(OCCCC(=O)Oc2ccc3oc4ccccc4c3c2)cc1. The Labute approximate surface area is 168 Å². The van der Waals surface area contributed by atoms with Crippen LogP contribution in [0, 0.1) is 0 Å². The first-order chi connectivity index (χ1) is 14.2. The molecule has 0 aliphatic carbocycles. The van der Waals surface area contributed by atoms with Crippen LogP contribution in [-0.4, -0.2) is 19.2 Å². The van der Waals surface area contributed by atoms with E-state index in [0.29, 0.717) is 25.4 Å². The van der Waals surface area contributed by atoms with Gasteiger partial charge in [-0.1, -0.05) is 18.2 Å². The van der Waals surface area contributed by atoms with Crippen LogP contribution in [0.25, 0.3) is 21.9 Å². The van der Waals surface area contributed by atoms with Gasteiger partial charge in [0.1, 0.15) is 28.4 Å². The molecule has 0 radical (unpaired) electrons. The molecule has 0 N–H and O–H groups in total. The lowest BCUT2D eigenvalue weighted by Crippen LogP contribution is -2.09. The molecule has 0 unspecified atom stereocenters. The monoisotopic (exact) mass is 390 g/mol. The lowest BCUT2D eigenvalue weighted by molar-refractivity contribution is -0.134. The summed E-state index contributed by atoms with van der Waals surface area (Å²) >= 11 is 0. The van der Waals surface area contributed by atoms with Crippen LogP contribution in [0.1, 0.15) is 19.8 Å². The van der Waals surface area contributed by atoms with Crippen molar-refractivity contribution < 1.29 is 23.4 Å². The third kappa shape index (κ3) is 4.51. The summed E-state index contributed by atoms with van der Waals surface area (Å²) in [6, 6.07) is 20.7. The molecule has 3 aromatic carbocycles. The van der Waals surface area contributed by atoms with Crippen molar-refractivity contribution in [1.29, 1.82) is 0 Å². The van der Waals surface area contributed by atoms with Crippen molar-refractivity contribution >= 4 is 27.9 Å². The number of fused-ring (bicyclic) bond motifs is 3. The minimum Gasteiger partial charge on any atom is -0.494 e. The number of para-hydroxylation sites is 1. The zero-order valence-corrected chi connectivity index (χ0v) is 16.2. The molecule has 4 aromatic rings. The second-order valence-electron chi connectivity index (χ2n) is 6.59. The Morgan fingerprint density at radius 3 is 2.31 bits per heavy atom. The van der Waals surface area contributed by atoms with Gasteiger partial charge >= 0.3 is 5.97 Å². The molecule has 0 amide bonds. The third-order valence-electron chi connectivity index (χ3n) is 4.51.